The first-order valence-corrected chi connectivity index (χ1v) is 9.03. The molecule has 1 heterocycles. The Morgan fingerprint density at radius 3 is 2.59 bits per heavy atom. The SMILES string of the molecule is CC(C)Oc1nc2ccc(Cl)cc2c(Cc2ccccc2Cl)c1OC(=O)O. The minimum absolute atomic E-state index is 0.0471. The van der Waals surface area contributed by atoms with Gasteiger partial charge in [0.1, 0.15) is 0 Å². The third-order valence-electron chi connectivity index (χ3n) is 3.84. The highest BCUT2D eigenvalue weighted by Gasteiger charge is 2.22. The molecule has 0 fully saturated rings. The zero-order valence-electron chi connectivity index (χ0n) is 14.7. The van der Waals surface area contributed by atoms with Gasteiger partial charge in [0.05, 0.1) is 11.6 Å². The molecule has 1 N–H and O–H groups in total. The van der Waals surface area contributed by atoms with Crippen LogP contribution in [0.15, 0.2) is 42.5 Å². The van der Waals surface area contributed by atoms with Gasteiger partial charge in [-0.3, -0.25) is 0 Å². The fourth-order valence-corrected chi connectivity index (χ4v) is 3.14. The quantitative estimate of drug-likeness (QED) is 0.528. The van der Waals surface area contributed by atoms with Crippen molar-refractivity contribution in [2.45, 2.75) is 26.4 Å². The minimum Gasteiger partial charge on any atom is -0.472 e. The smallest absolute Gasteiger partial charge is 0.472 e. The second-order valence-corrected chi connectivity index (χ2v) is 7.03. The van der Waals surface area contributed by atoms with Crippen LogP contribution < -0.4 is 9.47 Å². The monoisotopic (exact) mass is 405 g/mol. The number of carbonyl (C=O) groups is 1. The van der Waals surface area contributed by atoms with E-state index in [1.54, 1.807) is 24.3 Å². The highest BCUT2D eigenvalue weighted by Crippen LogP contribution is 2.39. The number of rotatable bonds is 5. The summed E-state index contributed by atoms with van der Waals surface area (Å²) in [5.74, 6) is 0.162. The highest BCUT2D eigenvalue weighted by atomic mass is 35.5. The number of hydrogen-bond donors (Lipinski definition) is 1. The van der Waals surface area contributed by atoms with Crippen molar-refractivity contribution in [3.8, 4) is 11.6 Å². The fraction of sp³-hybridized carbons (Fsp3) is 0.200. The molecule has 0 unspecified atom stereocenters. The Hall–Kier alpha value is -2.50. The van der Waals surface area contributed by atoms with E-state index in [9.17, 15) is 9.90 Å². The Balaban J connectivity index is 2.29. The number of carboxylic acid groups (broad SMARTS) is 1. The van der Waals surface area contributed by atoms with Crippen LogP contribution in [-0.4, -0.2) is 22.3 Å². The van der Waals surface area contributed by atoms with E-state index < -0.39 is 6.16 Å². The van der Waals surface area contributed by atoms with Crippen molar-refractivity contribution in [3.05, 3.63) is 63.6 Å². The summed E-state index contributed by atoms with van der Waals surface area (Å²) >= 11 is 12.5. The number of nitrogens with zero attached hydrogens (tertiary/aromatic N) is 1. The molecule has 0 radical (unpaired) electrons. The second kappa shape index (κ2) is 8.03. The normalized spacial score (nSPS) is 11.0. The first-order chi connectivity index (χ1) is 12.8. The van der Waals surface area contributed by atoms with Gasteiger partial charge in [0, 0.05) is 27.4 Å². The fourth-order valence-electron chi connectivity index (χ4n) is 2.76. The number of aromatic nitrogens is 1. The van der Waals surface area contributed by atoms with E-state index in [-0.39, 0.29) is 17.7 Å². The lowest BCUT2D eigenvalue weighted by atomic mass is 10.00. The third kappa shape index (κ3) is 4.43. The van der Waals surface area contributed by atoms with Crippen LogP contribution in [0.2, 0.25) is 10.0 Å². The van der Waals surface area contributed by atoms with Gasteiger partial charge < -0.3 is 14.6 Å². The van der Waals surface area contributed by atoms with Gasteiger partial charge in [-0.1, -0.05) is 41.4 Å². The number of fused-ring (bicyclic) bond motifs is 1. The first kappa shape index (κ1) is 19.3. The summed E-state index contributed by atoms with van der Waals surface area (Å²) in [5, 5.41) is 11.0. The van der Waals surface area contributed by atoms with Crippen molar-refractivity contribution < 1.29 is 19.4 Å². The summed E-state index contributed by atoms with van der Waals surface area (Å²) in [6.07, 6.45) is -1.34. The van der Waals surface area contributed by atoms with Crippen LogP contribution in [0.25, 0.3) is 10.9 Å². The van der Waals surface area contributed by atoms with Crippen LogP contribution >= 0.6 is 23.2 Å². The van der Waals surface area contributed by atoms with E-state index in [1.165, 1.54) is 0 Å². The molecule has 0 aliphatic rings. The maximum Gasteiger partial charge on any atom is 0.511 e. The van der Waals surface area contributed by atoms with Crippen LogP contribution in [0.4, 0.5) is 4.79 Å². The lowest BCUT2D eigenvalue weighted by Crippen LogP contribution is -2.13. The van der Waals surface area contributed by atoms with Crippen molar-refractivity contribution in [2.24, 2.45) is 0 Å². The molecule has 3 rings (SSSR count). The summed E-state index contributed by atoms with van der Waals surface area (Å²) in [6.45, 7) is 3.65. The number of benzene rings is 2. The van der Waals surface area contributed by atoms with Gasteiger partial charge in [-0.25, -0.2) is 9.78 Å². The molecule has 27 heavy (non-hydrogen) atoms. The molecule has 0 atom stereocenters. The summed E-state index contributed by atoms with van der Waals surface area (Å²) < 4.78 is 10.8. The van der Waals surface area contributed by atoms with E-state index in [0.29, 0.717) is 32.9 Å². The van der Waals surface area contributed by atoms with Crippen molar-refractivity contribution >= 4 is 40.3 Å². The van der Waals surface area contributed by atoms with Gasteiger partial charge in [0.2, 0.25) is 5.75 Å². The molecule has 3 aromatic rings. The average molecular weight is 406 g/mol. The summed E-state index contributed by atoms with van der Waals surface area (Å²) in [7, 11) is 0. The van der Waals surface area contributed by atoms with Crippen LogP contribution in [0.3, 0.4) is 0 Å². The zero-order valence-corrected chi connectivity index (χ0v) is 16.2. The van der Waals surface area contributed by atoms with Gasteiger partial charge >= 0.3 is 6.16 Å². The van der Waals surface area contributed by atoms with Gasteiger partial charge in [-0.05, 0) is 43.7 Å². The predicted molar refractivity (Wildman–Crippen MR) is 105 cm³/mol. The third-order valence-corrected chi connectivity index (χ3v) is 4.44. The second-order valence-electron chi connectivity index (χ2n) is 6.19. The summed E-state index contributed by atoms with van der Waals surface area (Å²) in [5.41, 5.74) is 2.03. The molecule has 5 nitrogen and oxygen atoms in total. The van der Waals surface area contributed by atoms with E-state index in [1.807, 2.05) is 32.0 Å². The molecular weight excluding hydrogens is 389 g/mol. The van der Waals surface area contributed by atoms with Gasteiger partial charge in [-0.2, -0.15) is 0 Å². The Bertz CT molecular complexity index is 1000. The lowest BCUT2D eigenvalue weighted by molar-refractivity contribution is 0.139. The molecule has 0 aliphatic carbocycles. The number of hydrogen-bond acceptors (Lipinski definition) is 4. The minimum atomic E-state index is -1.45. The maximum absolute atomic E-state index is 11.3. The van der Waals surface area contributed by atoms with Crippen molar-refractivity contribution in [1.29, 1.82) is 0 Å². The highest BCUT2D eigenvalue weighted by molar-refractivity contribution is 6.31. The van der Waals surface area contributed by atoms with Crippen LogP contribution in [0.1, 0.15) is 25.0 Å². The largest absolute Gasteiger partial charge is 0.511 e. The van der Waals surface area contributed by atoms with E-state index >= 15 is 0 Å². The van der Waals surface area contributed by atoms with Gasteiger partial charge in [-0.15, -0.1) is 0 Å². The lowest BCUT2D eigenvalue weighted by Gasteiger charge is -2.18. The van der Waals surface area contributed by atoms with Crippen molar-refractivity contribution in [3.63, 3.8) is 0 Å². The van der Waals surface area contributed by atoms with Crippen molar-refractivity contribution in [1.82, 2.24) is 4.98 Å². The average Bonchev–Trinajstić information content (AvgIpc) is 2.59. The predicted octanol–water partition coefficient (Wildman–Crippen LogP) is 5.98. The Morgan fingerprint density at radius 1 is 1.19 bits per heavy atom. The molecule has 0 saturated carbocycles. The number of halogens is 2. The summed E-state index contributed by atoms with van der Waals surface area (Å²) in [4.78, 5) is 15.8. The standard InChI is InChI=1S/C20H17Cl2NO4/c1-11(2)26-19-18(27-20(24)25)15(9-12-5-3-4-6-16(12)22)14-10-13(21)7-8-17(14)23-19/h3-8,10-11H,9H2,1-2H3,(H,24,25). The Kier molecular flexibility index (Phi) is 5.73. The van der Waals surface area contributed by atoms with Crippen LogP contribution in [0.5, 0.6) is 11.6 Å². The first-order valence-electron chi connectivity index (χ1n) is 8.28. The molecule has 0 saturated heterocycles. The maximum atomic E-state index is 11.3. The van der Waals surface area contributed by atoms with Crippen LogP contribution in [-0.2, 0) is 6.42 Å². The van der Waals surface area contributed by atoms with Crippen LogP contribution in [0, 0.1) is 0 Å². The molecule has 2 aromatic carbocycles. The van der Waals surface area contributed by atoms with E-state index in [0.717, 1.165) is 5.56 Å². The topological polar surface area (TPSA) is 68.7 Å². The number of pyridine rings is 1. The van der Waals surface area contributed by atoms with E-state index in [4.69, 9.17) is 32.7 Å². The molecule has 0 amide bonds. The molecule has 1 aromatic heterocycles. The molecule has 0 spiro atoms. The van der Waals surface area contributed by atoms with Crippen molar-refractivity contribution in [2.75, 3.05) is 0 Å². The van der Waals surface area contributed by atoms with Gasteiger partial charge in [0.25, 0.3) is 5.88 Å². The molecule has 140 valence electrons. The molecule has 7 heteroatoms. The zero-order chi connectivity index (χ0) is 19.6. The number of ether oxygens (including phenoxy) is 2. The summed E-state index contributed by atoms with van der Waals surface area (Å²) in [6, 6.07) is 12.5. The van der Waals surface area contributed by atoms with Gasteiger partial charge in [0.15, 0.2) is 0 Å². The molecule has 0 bridgehead atoms. The Labute approximate surface area is 166 Å². The molecule has 0 aliphatic heterocycles. The van der Waals surface area contributed by atoms with E-state index in [2.05, 4.69) is 4.98 Å². The Morgan fingerprint density at radius 2 is 1.93 bits per heavy atom. The molecular formula is C20H17Cl2NO4.